The van der Waals surface area contributed by atoms with E-state index in [4.69, 9.17) is 5.11 Å². The highest BCUT2D eigenvalue weighted by Crippen LogP contribution is 2.72. The Morgan fingerprint density at radius 3 is 2.48 bits per heavy atom. The molecule has 0 amide bonds. The Hall–Kier alpha value is -1.38. The SMILES string of the molecule is CC(=CCC[C@@H](C)[C@H]1CC[C@@]2(C)[C@@H]3CC[C@H]4C(C)(C)C(=O)CC[C@]4(C)C3=CC[C@]12C)C(=O)O. The molecule has 7 atom stereocenters. The number of hydrogen-bond donors (Lipinski definition) is 1. The van der Waals surface area contributed by atoms with Gasteiger partial charge in [-0.2, -0.15) is 0 Å². The van der Waals surface area contributed by atoms with Crippen LogP contribution in [-0.2, 0) is 9.59 Å². The second-order valence-corrected chi connectivity index (χ2v) is 13.3. The monoisotopic (exact) mass is 454 g/mol. The van der Waals surface area contributed by atoms with Crippen molar-refractivity contribution in [2.45, 2.75) is 106 Å². The van der Waals surface area contributed by atoms with Gasteiger partial charge in [0.2, 0.25) is 0 Å². The predicted molar refractivity (Wildman–Crippen MR) is 134 cm³/mol. The molecule has 3 heteroatoms. The second-order valence-electron chi connectivity index (χ2n) is 13.3. The van der Waals surface area contributed by atoms with Crippen molar-refractivity contribution in [3.05, 3.63) is 23.3 Å². The van der Waals surface area contributed by atoms with Gasteiger partial charge in [0.25, 0.3) is 0 Å². The Morgan fingerprint density at radius 2 is 1.82 bits per heavy atom. The first-order chi connectivity index (χ1) is 15.3. The van der Waals surface area contributed by atoms with Gasteiger partial charge in [0.05, 0.1) is 0 Å². The quantitative estimate of drug-likeness (QED) is 0.343. The Labute approximate surface area is 201 Å². The third-order valence-corrected chi connectivity index (χ3v) is 11.7. The van der Waals surface area contributed by atoms with E-state index < -0.39 is 5.97 Å². The van der Waals surface area contributed by atoms with Crippen molar-refractivity contribution in [3.8, 4) is 0 Å². The van der Waals surface area contributed by atoms with Gasteiger partial charge in [0.1, 0.15) is 5.78 Å². The minimum Gasteiger partial charge on any atom is -0.478 e. The molecular formula is C30H46O3. The maximum absolute atomic E-state index is 12.8. The van der Waals surface area contributed by atoms with Crippen molar-refractivity contribution in [2.75, 3.05) is 0 Å². The van der Waals surface area contributed by atoms with Gasteiger partial charge < -0.3 is 5.11 Å². The van der Waals surface area contributed by atoms with Crippen LogP contribution < -0.4 is 0 Å². The summed E-state index contributed by atoms with van der Waals surface area (Å²) in [5, 5.41) is 9.15. The van der Waals surface area contributed by atoms with Gasteiger partial charge in [0, 0.05) is 17.4 Å². The summed E-state index contributed by atoms with van der Waals surface area (Å²) in [5.41, 5.74) is 2.77. The van der Waals surface area contributed by atoms with Crippen LogP contribution in [-0.4, -0.2) is 16.9 Å². The molecule has 1 N–H and O–H groups in total. The summed E-state index contributed by atoms with van der Waals surface area (Å²) < 4.78 is 0. The third kappa shape index (κ3) is 3.50. The van der Waals surface area contributed by atoms with Crippen LogP contribution >= 0.6 is 0 Å². The lowest BCUT2D eigenvalue weighted by Gasteiger charge is -2.63. The first-order valence-corrected chi connectivity index (χ1v) is 13.4. The number of fused-ring (bicyclic) bond motifs is 5. The van der Waals surface area contributed by atoms with Crippen molar-refractivity contribution in [1.29, 1.82) is 0 Å². The van der Waals surface area contributed by atoms with Crippen LogP contribution in [0.4, 0.5) is 0 Å². The Bertz CT molecular complexity index is 894. The van der Waals surface area contributed by atoms with Gasteiger partial charge in [-0.05, 0) is 98.2 Å². The summed E-state index contributed by atoms with van der Waals surface area (Å²) in [6.45, 7) is 16.2. The highest BCUT2D eigenvalue weighted by Gasteiger charge is 2.65. The average molecular weight is 455 g/mol. The molecular weight excluding hydrogens is 408 g/mol. The van der Waals surface area contributed by atoms with Crippen molar-refractivity contribution in [2.24, 2.45) is 45.3 Å². The molecule has 4 rings (SSSR count). The van der Waals surface area contributed by atoms with E-state index in [1.54, 1.807) is 12.5 Å². The number of carbonyl (C=O) groups is 2. The van der Waals surface area contributed by atoms with E-state index in [0.717, 1.165) is 32.1 Å². The van der Waals surface area contributed by atoms with E-state index in [1.807, 2.05) is 6.08 Å². The highest BCUT2D eigenvalue weighted by atomic mass is 16.4. The van der Waals surface area contributed by atoms with Crippen molar-refractivity contribution in [3.63, 3.8) is 0 Å². The van der Waals surface area contributed by atoms with Crippen LogP contribution in [0.15, 0.2) is 23.3 Å². The zero-order chi connectivity index (χ0) is 24.4. The predicted octanol–water partition coefficient (Wildman–Crippen LogP) is 7.61. The molecule has 0 heterocycles. The van der Waals surface area contributed by atoms with E-state index in [0.29, 0.717) is 45.9 Å². The summed E-state index contributed by atoms with van der Waals surface area (Å²) in [4.78, 5) is 23.9. The van der Waals surface area contributed by atoms with Gasteiger partial charge in [-0.25, -0.2) is 4.79 Å². The lowest BCUT2D eigenvalue weighted by atomic mass is 9.41. The number of carboxylic acid groups (broad SMARTS) is 1. The molecule has 0 saturated heterocycles. The lowest BCUT2D eigenvalue weighted by Crippen LogP contribution is -2.56. The van der Waals surface area contributed by atoms with Crippen molar-refractivity contribution >= 4 is 11.8 Å². The number of aliphatic carboxylic acids is 1. The van der Waals surface area contributed by atoms with Crippen LogP contribution in [0.5, 0.6) is 0 Å². The Balaban J connectivity index is 1.59. The number of hydrogen-bond acceptors (Lipinski definition) is 2. The summed E-state index contributed by atoms with van der Waals surface area (Å²) in [6, 6.07) is 0. The molecule has 3 saturated carbocycles. The molecule has 0 spiro atoms. The molecule has 0 unspecified atom stereocenters. The van der Waals surface area contributed by atoms with Gasteiger partial charge in [-0.15, -0.1) is 0 Å². The second kappa shape index (κ2) is 8.09. The summed E-state index contributed by atoms with van der Waals surface area (Å²) in [5.74, 6) is 2.08. The number of ketones is 1. The summed E-state index contributed by atoms with van der Waals surface area (Å²) in [7, 11) is 0. The number of allylic oxidation sites excluding steroid dienone is 3. The fourth-order valence-electron chi connectivity index (χ4n) is 9.33. The van der Waals surface area contributed by atoms with Crippen LogP contribution in [0.3, 0.4) is 0 Å². The molecule has 3 fully saturated rings. The maximum Gasteiger partial charge on any atom is 0.330 e. The molecule has 4 aliphatic rings. The molecule has 33 heavy (non-hydrogen) atoms. The first kappa shape index (κ1) is 24.7. The Morgan fingerprint density at radius 1 is 1.12 bits per heavy atom. The van der Waals surface area contributed by atoms with Crippen molar-refractivity contribution in [1.82, 2.24) is 0 Å². The molecule has 0 bridgehead atoms. The lowest BCUT2D eigenvalue weighted by molar-refractivity contribution is -0.142. The van der Waals surface area contributed by atoms with E-state index in [9.17, 15) is 9.59 Å². The average Bonchev–Trinajstić information content (AvgIpc) is 3.02. The number of carbonyl (C=O) groups excluding carboxylic acids is 1. The zero-order valence-corrected chi connectivity index (χ0v) is 22.1. The largest absolute Gasteiger partial charge is 0.478 e. The van der Waals surface area contributed by atoms with Crippen LogP contribution in [0, 0.1) is 45.3 Å². The molecule has 0 aromatic heterocycles. The van der Waals surface area contributed by atoms with Gasteiger partial charge in [-0.3, -0.25) is 4.79 Å². The maximum atomic E-state index is 12.8. The third-order valence-electron chi connectivity index (χ3n) is 11.7. The van der Waals surface area contributed by atoms with Crippen LogP contribution in [0.2, 0.25) is 0 Å². The van der Waals surface area contributed by atoms with Crippen molar-refractivity contribution < 1.29 is 14.7 Å². The number of Topliss-reactive ketones (excluding diaryl/α,β-unsaturated/α-hetero) is 1. The van der Waals surface area contributed by atoms with Gasteiger partial charge >= 0.3 is 5.97 Å². The smallest absolute Gasteiger partial charge is 0.330 e. The minimum atomic E-state index is -0.801. The van der Waals surface area contributed by atoms with Gasteiger partial charge in [-0.1, -0.05) is 59.3 Å². The van der Waals surface area contributed by atoms with E-state index in [2.05, 4.69) is 47.6 Å². The van der Waals surface area contributed by atoms with E-state index in [1.165, 1.54) is 25.7 Å². The van der Waals surface area contributed by atoms with Gasteiger partial charge in [0.15, 0.2) is 0 Å². The number of rotatable bonds is 5. The van der Waals surface area contributed by atoms with Crippen LogP contribution in [0.1, 0.15) is 106 Å². The fraction of sp³-hybridized carbons (Fsp3) is 0.800. The highest BCUT2D eigenvalue weighted by molar-refractivity contribution is 5.86. The molecule has 0 radical (unpaired) electrons. The molecule has 184 valence electrons. The van der Waals surface area contributed by atoms with E-state index >= 15 is 0 Å². The molecule has 3 nitrogen and oxygen atoms in total. The first-order valence-electron chi connectivity index (χ1n) is 13.4. The standard InChI is InChI=1S/C30H46O3/c1-19(9-8-10-20(2)26(32)33)21-13-17-30(7)23-11-12-24-27(3,4)25(31)15-16-28(24,5)22(23)14-18-29(21,30)6/h10,14,19,21,23-24H,8-9,11-13,15-18H2,1-7H3,(H,32,33)/t19-,21-,23-,24+,28-,29-,30+/m1/s1. The number of carboxylic acids is 1. The Kier molecular flexibility index (Phi) is 6.07. The summed E-state index contributed by atoms with van der Waals surface area (Å²) >= 11 is 0. The normalized spacial score (nSPS) is 43.2. The fourth-order valence-corrected chi connectivity index (χ4v) is 9.33. The van der Waals surface area contributed by atoms with E-state index in [-0.39, 0.29) is 10.8 Å². The molecule has 0 aliphatic heterocycles. The zero-order valence-electron chi connectivity index (χ0n) is 22.1. The topological polar surface area (TPSA) is 54.4 Å². The summed E-state index contributed by atoms with van der Waals surface area (Å²) in [6.07, 6.45) is 14.4. The molecule has 0 aromatic rings. The molecule has 0 aromatic carbocycles. The minimum absolute atomic E-state index is 0.174. The van der Waals surface area contributed by atoms with Crippen LogP contribution in [0.25, 0.3) is 0 Å². The molecule has 4 aliphatic carbocycles.